The van der Waals surface area contributed by atoms with Crippen molar-refractivity contribution in [2.75, 3.05) is 6.54 Å². The summed E-state index contributed by atoms with van der Waals surface area (Å²) in [4.78, 5) is 8.20. The van der Waals surface area contributed by atoms with E-state index in [1.807, 2.05) is 36.5 Å². The molecule has 2 rings (SSSR count). The summed E-state index contributed by atoms with van der Waals surface area (Å²) in [6, 6.07) is 10.4. The van der Waals surface area contributed by atoms with Gasteiger partial charge < -0.3 is 16.1 Å². The van der Waals surface area contributed by atoms with Crippen LogP contribution in [-0.4, -0.2) is 30.3 Å². The highest BCUT2D eigenvalue weighted by atomic mass is 15.4. The normalized spacial score (nSPS) is 17.8. The van der Waals surface area contributed by atoms with E-state index >= 15 is 0 Å². The third-order valence-corrected chi connectivity index (χ3v) is 3.55. The number of aliphatic imine (C=N–C) groups is 2. The summed E-state index contributed by atoms with van der Waals surface area (Å²) < 4.78 is 0. The first kappa shape index (κ1) is 16.0. The molecule has 1 aromatic carbocycles. The Morgan fingerprint density at radius 1 is 1.45 bits per heavy atom. The van der Waals surface area contributed by atoms with Gasteiger partial charge in [-0.05, 0) is 31.5 Å². The van der Waals surface area contributed by atoms with Crippen LogP contribution >= 0.6 is 0 Å². The van der Waals surface area contributed by atoms with Gasteiger partial charge in [-0.15, -0.1) is 0 Å². The lowest BCUT2D eigenvalue weighted by atomic mass is 10.1. The maximum absolute atomic E-state index is 6.02. The van der Waals surface area contributed by atoms with Crippen molar-refractivity contribution in [3.05, 3.63) is 47.8 Å². The maximum Gasteiger partial charge on any atom is 0.188 e. The van der Waals surface area contributed by atoms with Crippen molar-refractivity contribution in [3.63, 3.8) is 0 Å². The van der Waals surface area contributed by atoms with E-state index in [0.29, 0.717) is 18.5 Å². The average molecular weight is 300 g/mol. The minimum Gasteiger partial charge on any atom is -0.370 e. The Bertz CT molecular complexity index is 537. The first-order valence-corrected chi connectivity index (χ1v) is 7.46. The fourth-order valence-corrected chi connectivity index (χ4v) is 2.42. The molecule has 1 aliphatic rings. The van der Waals surface area contributed by atoms with E-state index in [1.165, 1.54) is 0 Å². The van der Waals surface area contributed by atoms with Gasteiger partial charge in [0.2, 0.25) is 0 Å². The van der Waals surface area contributed by atoms with E-state index in [1.54, 1.807) is 5.01 Å². The topological polar surface area (TPSA) is 92.0 Å². The Labute approximate surface area is 131 Å². The lowest BCUT2D eigenvalue weighted by Gasteiger charge is -2.15. The summed E-state index contributed by atoms with van der Waals surface area (Å²) in [5.41, 5.74) is 7.65. The quantitative estimate of drug-likeness (QED) is 0.384. The molecule has 22 heavy (non-hydrogen) atoms. The predicted molar refractivity (Wildman–Crippen MR) is 91.1 cm³/mol. The molecule has 0 aromatic heterocycles. The summed E-state index contributed by atoms with van der Waals surface area (Å²) in [6.07, 6.45) is 4.68. The second kappa shape index (κ2) is 8.19. The summed E-state index contributed by atoms with van der Waals surface area (Å²) >= 11 is 0. The molecule has 0 fully saturated rings. The van der Waals surface area contributed by atoms with Crippen LogP contribution in [0, 0.1) is 0 Å². The highest BCUT2D eigenvalue weighted by Crippen LogP contribution is 2.13. The molecule has 0 saturated carbocycles. The molecular weight excluding hydrogens is 276 g/mol. The van der Waals surface area contributed by atoms with E-state index in [2.05, 4.69) is 22.0 Å². The van der Waals surface area contributed by atoms with Gasteiger partial charge in [-0.25, -0.2) is 5.84 Å². The molecule has 5 N–H and O–H groups in total. The zero-order valence-electron chi connectivity index (χ0n) is 12.8. The third kappa shape index (κ3) is 5.21. The number of nitrogens with two attached hydrogens (primary N) is 2. The molecule has 0 bridgehead atoms. The van der Waals surface area contributed by atoms with Gasteiger partial charge in [0, 0.05) is 12.2 Å². The lowest BCUT2D eigenvalue weighted by Crippen LogP contribution is -2.34. The molecule has 1 atom stereocenters. The summed E-state index contributed by atoms with van der Waals surface area (Å²) in [5, 5.41) is 4.79. The number of nitrogens with zero attached hydrogens (tertiary/aromatic N) is 3. The van der Waals surface area contributed by atoms with Crippen molar-refractivity contribution in [1.29, 1.82) is 0 Å². The molecule has 6 heteroatoms. The van der Waals surface area contributed by atoms with Crippen molar-refractivity contribution in [3.8, 4) is 0 Å². The number of hydrazine groups is 1. The first-order chi connectivity index (χ1) is 10.7. The average Bonchev–Trinajstić information content (AvgIpc) is 2.92. The largest absolute Gasteiger partial charge is 0.370 e. The maximum atomic E-state index is 6.02. The molecule has 0 radical (unpaired) electrons. The second-order valence-corrected chi connectivity index (χ2v) is 5.40. The van der Waals surface area contributed by atoms with E-state index in [-0.39, 0.29) is 0 Å². The Morgan fingerprint density at radius 3 is 2.86 bits per heavy atom. The lowest BCUT2D eigenvalue weighted by molar-refractivity contribution is 0.381. The highest BCUT2D eigenvalue weighted by Gasteiger charge is 2.14. The SMILES string of the molecule is C=N/C(=C\N(N)Cc1ccccc1)CCCC1CN=C(N)N1. The van der Waals surface area contributed by atoms with E-state index in [9.17, 15) is 0 Å². The van der Waals surface area contributed by atoms with Gasteiger partial charge in [-0.2, -0.15) is 0 Å². The summed E-state index contributed by atoms with van der Waals surface area (Å²) in [6.45, 7) is 5.03. The van der Waals surface area contributed by atoms with Crippen LogP contribution in [0.4, 0.5) is 0 Å². The van der Waals surface area contributed by atoms with Crippen LogP contribution in [-0.2, 0) is 6.54 Å². The number of hydrogen-bond acceptors (Lipinski definition) is 6. The molecule has 1 unspecified atom stereocenters. The van der Waals surface area contributed by atoms with Gasteiger partial charge >= 0.3 is 0 Å². The molecule has 6 nitrogen and oxygen atoms in total. The van der Waals surface area contributed by atoms with Crippen LogP contribution in [0.1, 0.15) is 24.8 Å². The molecule has 0 amide bonds. The Hall–Kier alpha value is -2.34. The monoisotopic (exact) mass is 300 g/mol. The molecule has 1 heterocycles. The van der Waals surface area contributed by atoms with Crippen molar-refractivity contribution in [2.24, 2.45) is 21.6 Å². The fraction of sp³-hybridized carbons (Fsp3) is 0.375. The van der Waals surface area contributed by atoms with Crippen molar-refractivity contribution in [1.82, 2.24) is 10.3 Å². The minimum atomic E-state index is 0.337. The number of allylic oxidation sites excluding steroid dienone is 1. The number of guanidine groups is 1. The zero-order chi connectivity index (χ0) is 15.8. The Kier molecular flexibility index (Phi) is 5.97. The molecule has 1 aliphatic heterocycles. The zero-order valence-corrected chi connectivity index (χ0v) is 12.8. The van der Waals surface area contributed by atoms with Gasteiger partial charge in [0.05, 0.1) is 18.8 Å². The van der Waals surface area contributed by atoms with Gasteiger partial charge in [0.15, 0.2) is 5.96 Å². The van der Waals surface area contributed by atoms with Gasteiger partial charge in [-0.3, -0.25) is 9.98 Å². The smallest absolute Gasteiger partial charge is 0.188 e. The second-order valence-electron chi connectivity index (χ2n) is 5.40. The van der Waals surface area contributed by atoms with Crippen LogP contribution in [0.15, 0.2) is 52.2 Å². The fourth-order valence-electron chi connectivity index (χ4n) is 2.42. The van der Waals surface area contributed by atoms with Crippen molar-refractivity contribution in [2.45, 2.75) is 31.8 Å². The summed E-state index contributed by atoms with van der Waals surface area (Å²) in [5.74, 6) is 6.56. The van der Waals surface area contributed by atoms with Gasteiger partial charge in [0.25, 0.3) is 0 Å². The molecule has 1 aromatic rings. The van der Waals surface area contributed by atoms with Crippen LogP contribution in [0.25, 0.3) is 0 Å². The van der Waals surface area contributed by atoms with Crippen LogP contribution in [0.5, 0.6) is 0 Å². The van der Waals surface area contributed by atoms with E-state index in [4.69, 9.17) is 11.6 Å². The van der Waals surface area contributed by atoms with Gasteiger partial charge in [-0.1, -0.05) is 30.3 Å². The van der Waals surface area contributed by atoms with E-state index in [0.717, 1.165) is 37.1 Å². The Morgan fingerprint density at radius 2 is 2.23 bits per heavy atom. The number of rotatable bonds is 8. The van der Waals surface area contributed by atoms with Crippen LogP contribution < -0.4 is 16.9 Å². The molecule has 0 aliphatic carbocycles. The number of nitrogens with one attached hydrogen (secondary N) is 1. The number of hydrogen-bond donors (Lipinski definition) is 3. The third-order valence-electron chi connectivity index (χ3n) is 3.55. The van der Waals surface area contributed by atoms with Crippen molar-refractivity contribution < 1.29 is 0 Å². The highest BCUT2D eigenvalue weighted by molar-refractivity contribution is 5.79. The molecule has 0 spiro atoms. The number of benzene rings is 1. The predicted octanol–water partition coefficient (Wildman–Crippen LogP) is 1.36. The summed E-state index contributed by atoms with van der Waals surface area (Å²) in [7, 11) is 0. The van der Waals surface area contributed by atoms with Crippen LogP contribution in [0.2, 0.25) is 0 Å². The van der Waals surface area contributed by atoms with Gasteiger partial charge in [0.1, 0.15) is 0 Å². The minimum absolute atomic E-state index is 0.337. The molecule has 118 valence electrons. The molecular formula is C16H24N6. The Balaban J connectivity index is 1.76. The first-order valence-electron chi connectivity index (χ1n) is 7.46. The van der Waals surface area contributed by atoms with Crippen molar-refractivity contribution >= 4 is 12.7 Å². The molecule has 0 saturated heterocycles. The van der Waals surface area contributed by atoms with Crippen LogP contribution in [0.3, 0.4) is 0 Å². The standard InChI is InChI=1S/C16H24N6/c1-19-15(9-5-8-14-10-20-16(17)21-14)12-22(18)11-13-6-3-2-4-7-13/h2-4,6-7,12,14H,1,5,8-11,18H2,(H3,17,20,21)/b15-12-. The van der Waals surface area contributed by atoms with E-state index < -0.39 is 0 Å².